The highest BCUT2D eigenvalue weighted by Crippen LogP contribution is 2.36. The molecule has 25 heavy (non-hydrogen) atoms. The zero-order valence-corrected chi connectivity index (χ0v) is 13.9. The van der Waals surface area contributed by atoms with Gasteiger partial charge in [0.1, 0.15) is 11.5 Å². The van der Waals surface area contributed by atoms with E-state index in [1.54, 1.807) is 13.2 Å². The first-order chi connectivity index (χ1) is 12.2. The van der Waals surface area contributed by atoms with Crippen molar-refractivity contribution in [1.82, 2.24) is 0 Å². The fraction of sp³-hybridized carbons (Fsp3) is 0.0435. The van der Waals surface area contributed by atoms with Gasteiger partial charge in [-0.1, -0.05) is 54.6 Å². The largest absolute Gasteiger partial charge is 0.507 e. The van der Waals surface area contributed by atoms with Crippen LogP contribution < -0.4 is 4.74 Å². The van der Waals surface area contributed by atoms with E-state index >= 15 is 0 Å². The van der Waals surface area contributed by atoms with E-state index in [0.29, 0.717) is 5.75 Å². The molecule has 0 aliphatic heterocycles. The van der Waals surface area contributed by atoms with E-state index in [9.17, 15) is 5.11 Å². The normalized spacial score (nSPS) is 13.9. The lowest BCUT2D eigenvalue weighted by molar-refractivity contribution is 0.415. The summed E-state index contributed by atoms with van der Waals surface area (Å²) in [6.07, 6.45) is 6.42. The first-order valence-corrected chi connectivity index (χ1v) is 8.21. The molecule has 0 atom stereocenters. The highest BCUT2D eigenvalue weighted by Gasteiger charge is 2.13. The van der Waals surface area contributed by atoms with Crippen LogP contribution in [0.25, 0.3) is 28.9 Å². The van der Waals surface area contributed by atoms with E-state index in [-0.39, 0.29) is 0 Å². The minimum Gasteiger partial charge on any atom is -0.507 e. The lowest BCUT2D eigenvalue weighted by Gasteiger charge is -2.08. The van der Waals surface area contributed by atoms with Crippen molar-refractivity contribution in [2.24, 2.45) is 0 Å². The van der Waals surface area contributed by atoms with Crippen molar-refractivity contribution in [2.75, 3.05) is 7.11 Å². The molecule has 3 aromatic rings. The van der Waals surface area contributed by atoms with Gasteiger partial charge in [0.05, 0.1) is 7.11 Å². The maximum Gasteiger partial charge on any atom is 0.123 e. The molecular weight excluding hydrogens is 308 g/mol. The number of allylic oxidation sites excluding steroid dienone is 2. The maximum atomic E-state index is 10.1. The summed E-state index contributed by atoms with van der Waals surface area (Å²) in [6.45, 7) is 0. The average molecular weight is 326 g/mol. The Kier molecular flexibility index (Phi) is 3.87. The third-order valence-corrected chi connectivity index (χ3v) is 4.46. The van der Waals surface area contributed by atoms with Gasteiger partial charge in [-0.15, -0.1) is 0 Å². The van der Waals surface area contributed by atoms with Crippen LogP contribution in [0, 0.1) is 0 Å². The fourth-order valence-corrected chi connectivity index (χ4v) is 3.11. The van der Waals surface area contributed by atoms with Gasteiger partial charge in [0.25, 0.3) is 0 Å². The molecule has 0 radical (unpaired) electrons. The first kappa shape index (κ1) is 15.3. The Morgan fingerprint density at radius 1 is 0.840 bits per heavy atom. The summed E-state index contributed by atoms with van der Waals surface area (Å²) in [4.78, 5) is 0. The van der Waals surface area contributed by atoms with Gasteiger partial charge in [0.15, 0.2) is 0 Å². The average Bonchev–Trinajstić information content (AvgIpc) is 3.05. The summed E-state index contributed by atoms with van der Waals surface area (Å²) in [6, 6.07) is 21.7. The van der Waals surface area contributed by atoms with Crippen molar-refractivity contribution < 1.29 is 9.84 Å². The Morgan fingerprint density at radius 3 is 2.40 bits per heavy atom. The number of ether oxygens (including phenoxy) is 1. The maximum absolute atomic E-state index is 10.1. The predicted octanol–water partition coefficient (Wildman–Crippen LogP) is 5.64. The minimum atomic E-state index is 0.300. The van der Waals surface area contributed by atoms with Crippen LogP contribution in [0.4, 0.5) is 0 Å². The van der Waals surface area contributed by atoms with Crippen molar-refractivity contribution >= 4 is 17.7 Å². The van der Waals surface area contributed by atoms with Crippen LogP contribution >= 0.6 is 0 Å². The van der Waals surface area contributed by atoms with E-state index in [2.05, 4.69) is 36.4 Å². The molecule has 0 unspecified atom stereocenters. The smallest absolute Gasteiger partial charge is 0.123 e. The lowest BCUT2D eigenvalue weighted by atomic mass is 9.97. The second-order valence-corrected chi connectivity index (χ2v) is 6.03. The predicted molar refractivity (Wildman–Crippen MR) is 103 cm³/mol. The highest BCUT2D eigenvalue weighted by molar-refractivity contribution is 5.98. The van der Waals surface area contributed by atoms with Crippen LogP contribution in [0.1, 0.15) is 16.7 Å². The summed E-state index contributed by atoms with van der Waals surface area (Å²) in [5.41, 5.74) is 6.52. The molecule has 3 aromatic carbocycles. The number of aromatic hydroxyl groups is 1. The van der Waals surface area contributed by atoms with E-state index in [1.165, 1.54) is 11.1 Å². The second-order valence-electron chi connectivity index (χ2n) is 6.03. The molecule has 122 valence electrons. The lowest BCUT2D eigenvalue weighted by Crippen LogP contribution is -1.86. The fourth-order valence-electron chi connectivity index (χ4n) is 3.11. The van der Waals surface area contributed by atoms with Gasteiger partial charge in [-0.3, -0.25) is 0 Å². The quantitative estimate of drug-likeness (QED) is 0.675. The molecule has 1 N–H and O–H groups in total. The minimum absolute atomic E-state index is 0.300. The molecule has 0 aromatic heterocycles. The van der Waals surface area contributed by atoms with E-state index < -0.39 is 0 Å². The molecule has 0 spiro atoms. The van der Waals surface area contributed by atoms with Gasteiger partial charge in [0, 0.05) is 5.56 Å². The number of methoxy groups -OCH3 is 1. The molecule has 0 saturated heterocycles. The van der Waals surface area contributed by atoms with Gasteiger partial charge in [-0.25, -0.2) is 0 Å². The Labute approximate surface area is 147 Å². The Bertz CT molecular complexity index is 979. The number of fused-ring (bicyclic) bond motifs is 1. The standard InChI is InChI=1S/C23H18O2/c1-25-20-12-6-16(7-13-20)14-18-10-8-17-9-11-19(15-22(17)18)21-4-2-3-5-23(21)24/h2-15,24H,1H3/b18-14+. The molecule has 0 bridgehead atoms. The van der Waals surface area contributed by atoms with Crippen LogP contribution in [-0.2, 0) is 0 Å². The molecule has 2 nitrogen and oxygen atoms in total. The summed E-state index contributed by atoms with van der Waals surface area (Å²) in [5, 5.41) is 10.1. The third kappa shape index (κ3) is 2.94. The number of hydrogen-bond donors (Lipinski definition) is 1. The number of rotatable bonds is 3. The molecule has 0 saturated carbocycles. The van der Waals surface area contributed by atoms with Gasteiger partial charge in [-0.05, 0) is 58.2 Å². The van der Waals surface area contributed by atoms with Gasteiger partial charge in [0.2, 0.25) is 0 Å². The molecule has 4 rings (SSSR count). The molecule has 0 fully saturated rings. The molecular formula is C23H18O2. The summed E-state index contributed by atoms with van der Waals surface area (Å²) in [7, 11) is 1.67. The van der Waals surface area contributed by atoms with Crippen molar-refractivity contribution in [1.29, 1.82) is 0 Å². The number of phenolic OH excluding ortho intramolecular Hbond substituents is 1. The van der Waals surface area contributed by atoms with Gasteiger partial charge >= 0.3 is 0 Å². The first-order valence-electron chi connectivity index (χ1n) is 8.21. The van der Waals surface area contributed by atoms with E-state index in [4.69, 9.17) is 4.74 Å². The molecule has 2 heteroatoms. The Balaban J connectivity index is 1.73. The summed E-state index contributed by atoms with van der Waals surface area (Å²) in [5.74, 6) is 1.15. The summed E-state index contributed by atoms with van der Waals surface area (Å²) < 4.78 is 5.21. The van der Waals surface area contributed by atoms with Crippen molar-refractivity contribution in [3.8, 4) is 22.6 Å². The molecule has 1 aliphatic rings. The SMILES string of the molecule is COc1ccc(/C=C2\C=Cc3ccc(-c4ccccc4O)cc32)cc1. The molecule has 1 aliphatic carbocycles. The van der Waals surface area contributed by atoms with Crippen LogP contribution in [0.15, 0.2) is 72.8 Å². The van der Waals surface area contributed by atoms with Crippen LogP contribution in [0.3, 0.4) is 0 Å². The van der Waals surface area contributed by atoms with Crippen LogP contribution in [0.2, 0.25) is 0 Å². The number of phenols is 1. The molecule has 0 heterocycles. The van der Waals surface area contributed by atoms with Crippen molar-refractivity contribution in [2.45, 2.75) is 0 Å². The third-order valence-electron chi connectivity index (χ3n) is 4.46. The number of hydrogen-bond acceptors (Lipinski definition) is 2. The van der Waals surface area contributed by atoms with E-state index in [1.807, 2.05) is 42.5 Å². The zero-order chi connectivity index (χ0) is 17.2. The number of benzene rings is 3. The number of para-hydroxylation sites is 1. The summed E-state index contributed by atoms with van der Waals surface area (Å²) >= 11 is 0. The van der Waals surface area contributed by atoms with Gasteiger partial charge < -0.3 is 9.84 Å². The monoisotopic (exact) mass is 326 g/mol. The van der Waals surface area contributed by atoms with Crippen LogP contribution in [0.5, 0.6) is 11.5 Å². The topological polar surface area (TPSA) is 29.5 Å². The Hall–Kier alpha value is -3.26. The van der Waals surface area contributed by atoms with Gasteiger partial charge in [-0.2, -0.15) is 0 Å². The van der Waals surface area contributed by atoms with Crippen molar-refractivity contribution in [3.05, 3.63) is 89.5 Å². The van der Waals surface area contributed by atoms with Crippen molar-refractivity contribution in [3.63, 3.8) is 0 Å². The van der Waals surface area contributed by atoms with Crippen LogP contribution in [-0.4, -0.2) is 12.2 Å². The zero-order valence-electron chi connectivity index (χ0n) is 13.9. The second kappa shape index (κ2) is 6.33. The van der Waals surface area contributed by atoms with E-state index in [0.717, 1.165) is 28.0 Å². The Morgan fingerprint density at radius 2 is 1.64 bits per heavy atom. The molecule has 0 amide bonds. The highest BCUT2D eigenvalue weighted by atomic mass is 16.5.